The van der Waals surface area contributed by atoms with Crippen LogP contribution >= 0.6 is 34.8 Å². The molecule has 1 saturated heterocycles. The van der Waals surface area contributed by atoms with Gasteiger partial charge in [-0.1, -0.05) is 41.7 Å². The number of esters is 1. The van der Waals surface area contributed by atoms with Crippen molar-refractivity contribution in [2.45, 2.75) is 65.0 Å². The molecule has 2 aliphatic rings. The third-order valence-corrected chi connectivity index (χ3v) is 8.64. The smallest absolute Gasteiger partial charge is 0.311 e. The molecular formula is C27H33Cl3N6O3. The van der Waals surface area contributed by atoms with Gasteiger partial charge in [0.2, 0.25) is 11.9 Å². The SMILES string of the molecule is CCOC(=O)C1(C)CCC(n2c(Nc3c(Cl)cc(Cl)cc3Cl)nc3cnc(N[C@@H]4CCOC[C@H]4C)nc32)CC1. The first-order valence-electron chi connectivity index (χ1n) is 13.4. The topological polar surface area (TPSA) is 103 Å². The molecule has 9 nitrogen and oxygen atoms in total. The first kappa shape index (κ1) is 28.2. The van der Waals surface area contributed by atoms with Crippen LogP contribution in [0.2, 0.25) is 15.1 Å². The monoisotopic (exact) mass is 594 g/mol. The molecule has 2 N–H and O–H groups in total. The number of carbonyl (C=O) groups excluding carboxylic acids is 1. The van der Waals surface area contributed by atoms with Gasteiger partial charge in [-0.3, -0.25) is 9.36 Å². The second kappa shape index (κ2) is 11.6. The molecule has 0 amide bonds. The Hall–Kier alpha value is -2.33. The number of hydrogen-bond donors (Lipinski definition) is 2. The summed E-state index contributed by atoms with van der Waals surface area (Å²) >= 11 is 19.1. The highest BCUT2D eigenvalue weighted by Crippen LogP contribution is 2.44. The summed E-state index contributed by atoms with van der Waals surface area (Å²) in [5, 5.41) is 8.03. The van der Waals surface area contributed by atoms with Crippen molar-refractivity contribution in [1.29, 1.82) is 0 Å². The molecule has 3 aromatic rings. The van der Waals surface area contributed by atoms with Gasteiger partial charge in [0.25, 0.3) is 0 Å². The van der Waals surface area contributed by atoms with Crippen molar-refractivity contribution in [3.63, 3.8) is 0 Å². The number of imidazole rings is 1. The Bertz CT molecular complexity index is 1340. The van der Waals surface area contributed by atoms with Gasteiger partial charge in [-0.05, 0) is 64.0 Å². The fraction of sp³-hybridized carbons (Fsp3) is 0.556. The van der Waals surface area contributed by atoms with Gasteiger partial charge in [-0.2, -0.15) is 4.98 Å². The Kier molecular flexibility index (Phi) is 8.42. The number of carbonyl (C=O) groups is 1. The Balaban J connectivity index is 1.51. The molecule has 3 heterocycles. The molecule has 1 aromatic carbocycles. The van der Waals surface area contributed by atoms with E-state index in [1.807, 2.05) is 13.8 Å². The van der Waals surface area contributed by atoms with Crippen LogP contribution in [0, 0.1) is 11.3 Å². The highest BCUT2D eigenvalue weighted by atomic mass is 35.5. The molecule has 0 spiro atoms. The first-order chi connectivity index (χ1) is 18.7. The Morgan fingerprint density at radius 3 is 2.56 bits per heavy atom. The van der Waals surface area contributed by atoms with Gasteiger partial charge in [-0.25, -0.2) is 9.97 Å². The van der Waals surface area contributed by atoms with Crippen LogP contribution in [-0.4, -0.2) is 51.4 Å². The first-order valence-corrected chi connectivity index (χ1v) is 14.5. The summed E-state index contributed by atoms with van der Waals surface area (Å²) in [6.45, 7) is 7.76. The molecule has 2 aromatic heterocycles. The van der Waals surface area contributed by atoms with Crippen molar-refractivity contribution in [3.8, 4) is 0 Å². The van der Waals surface area contributed by atoms with Crippen molar-refractivity contribution in [2.75, 3.05) is 30.5 Å². The zero-order valence-corrected chi connectivity index (χ0v) is 24.5. The second-order valence-corrected chi connectivity index (χ2v) is 11.9. The molecular weight excluding hydrogens is 563 g/mol. The standard InChI is InChI=1S/C27H33Cl3N6O3/c1-4-39-24(37)27(3)8-5-17(6-9-27)36-23-21(13-31-25(35-23)32-20-7-10-38-14-15(20)2)33-26(36)34-22-18(29)11-16(28)12-19(22)30/h11-13,15,17,20H,4-10,14H2,1-3H3,(H,33,34)(H,31,32,35)/t15-,17?,20-,27?/m1/s1. The van der Waals surface area contributed by atoms with E-state index in [1.54, 1.807) is 18.3 Å². The summed E-state index contributed by atoms with van der Waals surface area (Å²) in [4.78, 5) is 27.0. The van der Waals surface area contributed by atoms with Crippen LogP contribution in [0.4, 0.5) is 17.6 Å². The maximum Gasteiger partial charge on any atom is 0.311 e. The van der Waals surface area contributed by atoms with Gasteiger partial charge >= 0.3 is 5.97 Å². The number of nitrogens with zero attached hydrogens (tertiary/aromatic N) is 4. The molecule has 1 saturated carbocycles. The van der Waals surface area contributed by atoms with Crippen LogP contribution in [0.1, 0.15) is 58.9 Å². The highest BCUT2D eigenvalue weighted by molar-refractivity contribution is 6.41. The van der Waals surface area contributed by atoms with E-state index in [-0.39, 0.29) is 18.1 Å². The van der Waals surface area contributed by atoms with Crippen molar-refractivity contribution in [1.82, 2.24) is 19.5 Å². The van der Waals surface area contributed by atoms with E-state index in [2.05, 4.69) is 27.1 Å². The van der Waals surface area contributed by atoms with E-state index in [1.165, 1.54) is 0 Å². The van der Waals surface area contributed by atoms with Gasteiger partial charge in [-0.15, -0.1) is 0 Å². The number of aromatic nitrogens is 4. The van der Waals surface area contributed by atoms with Gasteiger partial charge < -0.3 is 20.1 Å². The average molecular weight is 596 g/mol. The number of fused-ring (bicyclic) bond motifs is 1. The van der Waals surface area contributed by atoms with Crippen LogP contribution in [0.3, 0.4) is 0 Å². The van der Waals surface area contributed by atoms with E-state index in [4.69, 9.17) is 54.2 Å². The largest absolute Gasteiger partial charge is 0.466 e. The molecule has 1 aliphatic carbocycles. The number of nitrogens with one attached hydrogen (secondary N) is 2. The normalized spacial score (nSPS) is 25.4. The van der Waals surface area contributed by atoms with Crippen LogP contribution < -0.4 is 10.6 Å². The molecule has 5 rings (SSSR count). The molecule has 1 aliphatic heterocycles. The third kappa shape index (κ3) is 5.92. The maximum atomic E-state index is 12.7. The molecule has 0 unspecified atom stereocenters. The summed E-state index contributed by atoms with van der Waals surface area (Å²) < 4.78 is 13.0. The molecule has 0 bridgehead atoms. The maximum absolute atomic E-state index is 12.7. The van der Waals surface area contributed by atoms with Crippen LogP contribution in [0.25, 0.3) is 11.2 Å². The van der Waals surface area contributed by atoms with Crippen molar-refractivity contribution in [3.05, 3.63) is 33.4 Å². The van der Waals surface area contributed by atoms with E-state index in [0.717, 1.165) is 19.3 Å². The van der Waals surface area contributed by atoms with E-state index in [0.29, 0.717) is 82.4 Å². The lowest BCUT2D eigenvalue weighted by Crippen LogP contribution is -2.36. The lowest BCUT2D eigenvalue weighted by Gasteiger charge is -2.36. The van der Waals surface area contributed by atoms with Crippen molar-refractivity contribution < 1.29 is 14.3 Å². The fourth-order valence-corrected chi connectivity index (χ4v) is 6.35. The summed E-state index contributed by atoms with van der Waals surface area (Å²) in [6, 6.07) is 3.52. The molecule has 2 fully saturated rings. The van der Waals surface area contributed by atoms with Gasteiger partial charge in [0.15, 0.2) is 5.65 Å². The molecule has 39 heavy (non-hydrogen) atoms. The van der Waals surface area contributed by atoms with Gasteiger partial charge in [0.1, 0.15) is 5.52 Å². The lowest BCUT2D eigenvalue weighted by atomic mass is 9.74. The zero-order valence-electron chi connectivity index (χ0n) is 22.3. The summed E-state index contributed by atoms with van der Waals surface area (Å²) in [5.41, 5.74) is 1.33. The number of rotatable bonds is 7. The van der Waals surface area contributed by atoms with Gasteiger partial charge in [0.05, 0.1) is 40.6 Å². The Labute approximate surface area is 242 Å². The molecule has 210 valence electrons. The van der Waals surface area contributed by atoms with Crippen LogP contribution in [0.5, 0.6) is 0 Å². The minimum absolute atomic E-state index is 0.0367. The zero-order chi connectivity index (χ0) is 27.7. The van der Waals surface area contributed by atoms with Crippen LogP contribution in [-0.2, 0) is 14.3 Å². The van der Waals surface area contributed by atoms with Gasteiger partial charge in [0, 0.05) is 23.7 Å². The predicted molar refractivity (Wildman–Crippen MR) is 154 cm³/mol. The highest BCUT2D eigenvalue weighted by Gasteiger charge is 2.40. The molecule has 0 radical (unpaired) electrons. The molecule has 2 atom stereocenters. The second-order valence-electron chi connectivity index (χ2n) is 10.7. The summed E-state index contributed by atoms with van der Waals surface area (Å²) in [5.74, 6) is 1.29. The average Bonchev–Trinajstić information content (AvgIpc) is 3.25. The lowest BCUT2D eigenvalue weighted by molar-refractivity contribution is -0.156. The number of hydrogen-bond acceptors (Lipinski definition) is 8. The summed E-state index contributed by atoms with van der Waals surface area (Å²) in [6.07, 6.45) is 5.49. The Morgan fingerprint density at radius 2 is 1.90 bits per heavy atom. The number of benzene rings is 1. The predicted octanol–water partition coefficient (Wildman–Crippen LogP) is 7.05. The van der Waals surface area contributed by atoms with E-state index < -0.39 is 5.41 Å². The number of anilines is 3. The fourth-order valence-electron chi connectivity index (χ4n) is 5.44. The van der Waals surface area contributed by atoms with Crippen molar-refractivity contribution in [2.24, 2.45) is 11.3 Å². The minimum Gasteiger partial charge on any atom is -0.466 e. The van der Waals surface area contributed by atoms with E-state index >= 15 is 0 Å². The quantitative estimate of drug-likeness (QED) is 0.280. The van der Waals surface area contributed by atoms with Crippen LogP contribution in [0.15, 0.2) is 18.3 Å². The summed E-state index contributed by atoms with van der Waals surface area (Å²) in [7, 11) is 0. The Morgan fingerprint density at radius 1 is 1.18 bits per heavy atom. The van der Waals surface area contributed by atoms with Crippen molar-refractivity contribution >= 4 is 69.5 Å². The van der Waals surface area contributed by atoms with E-state index in [9.17, 15) is 4.79 Å². The third-order valence-electron chi connectivity index (χ3n) is 7.82. The number of ether oxygens (including phenoxy) is 2. The number of halogens is 3. The molecule has 12 heteroatoms. The minimum atomic E-state index is -0.514.